The molecule has 2 aromatic rings. The number of thiophene rings is 2. The summed E-state index contributed by atoms with van der Waals surface area (Å²) >= 11 is 6.18. The predicted octanol–water partition coefficient (Wildman–Crippen LogP) is 4.72. The molecule has 0 bridgehead atoms. The molecule has 0 fully saturated rings. The van der Waals surface area contributed by atoms with Gasteiger partial charge in [-0.3, -0.25) is 0 Å². The van der Waals surface area contributed by atoms with E-state index in [0.717, 1.165) is 4.43 Å². The molecule has 2 aromatic heterocycles. The topological polar surface area (TPSA) is 0 Å². The minimum atomic E-state index is 1.12. The average Bonchev–Trinajstić information content (AvgIpc) is 2.71. The smallest absolute Gasteiger partial charge is 0.0445 e. The lowest BCUT2D eigenvalue weighted by atomic mass is 10.3. The van der Waals surface area contributed by atoms with Crippen molar-refractivity contribution in [3.05, 3.63) is 34.0 Å². The highest BCUT2D eigenvalue weighted by molar-refractivity contribution is 14.1. The van der Waals surface area contributed by atoms with Crippen LogP contribution in [-0.2, 0) is 4.43 Å². The van der Waals surface area contributed by atoms with Crippen molar-refractivity contribution in [2.24, 2.45) is 0 Å². The zero-order valence-electron chi connectivity index (χ0n) is 7.21. The SMILES string of the molecule is Cc1ccc(-c2ccc(CI)s2)s1. The second-order valence-electron chi connectivity index (χ2n) is 2.81. The molecule has 0 aliphatic rings. The van der Waals surface area contributed by atoms with Gasteiger partial charge in [-0.25, -0.2) is 0 Å². The quantitative estimate of drug-likeness (QED) is 0.555. The second kappa shape index (κ2) is 4.11. The van der Waals surface area contributed by atoms with Gasteiger partial charge in [0.2, 0.25) is 0 Å². The molecule has 13 heavy (non-hydrogen) atoms. The summed E-state index contributed by atoms with van der Waals surface area (Å²) in [6.07, 6.45) is 0. The maximum absolute atomic E-state index is 2.41. The highest BCUT2D eigenvalue weighted by atomic mass is 127. The molecular weight excluding hydrogens is 311 g/mol. The van der Waals surface area contributed by atoms with Crippen molar-refractivity contribution in [1.82, 2.24) is 0 Å². The van der Waals surface area contributed by atoms with Crippen molar-refractivity contribution < 1.29 is 0 Å². The summed E-state index contributed by atoms with van der Waals surface area (Å²) in [5.41, 5.74) is 0. The molecule has 3 heteroatoms. The van der Waals surface area contributed by atoms with Crippen molar-refractivity contribution in [3.8, 4) is 9.75 Å². The molecule has 0 aliphatic heterocycles. The Morgan fingerprint density at radius 2 is 1.77 bits per heavy atom. The summed E-state index contributed by atoms with van der Waals surface area (Å²) in [6, 6.07) is 8.84. The van der Waals surface area contributed by atoms with E-state index in [9.17, 15) is 0 Å². The van der Waals surface area contributed by atoms with Crippen LogP contribution < -0.4 is 0 Å². The average molecular weight is 320 g/mol. The van der Waals surface area contributed by atoms with Gasteiger partial charge in [0.1, 0.15) is 0 Å². The van der Waals surface area contributed by atoms with E-state index in [-0.39, 0.29) is 0 Å². The first-order valence-corrected chi connectivity index (χ1v) is 7.17. The van der Waals surface area contributed by atoms with Crippen LogP contribution in [0.4, 0.5) is 0 Å². The number of hydrogen-bond acceptors (Lipinski definition) is 2. The first-order chi connectivity index (χ1) is 6.29. The molecule has 0 N–H and O–H groups in total. The molecule has 0 nitrogen and oxygen atoms in total. The summed E-state index contributed by atoms with van der Waals surface area (Å²) < 4.78 is 1.12. The molecule has 0 spiro atoms. The summed E-state index contributed by atoms with van der Waals surface area (Å²) in [7, 11) is 0. The molecular formula is C10H9IS2. The van der Waals surface area contributed by atoms with Gasteiger partial charge in [0.25, 0.3) is 0 Å². The highest BCUT2D eigenvalue weighted by Crippen LogP contribution is 2.33. The summed E-state index contributed by atoms with van der Waals surface area (Å²) in [4.78, 5) is 5.66. The second-order valence-corrected chi connectivity index (χ2v) is 6.03. The fraction of sp³-hybridized carbons (Fsp3) is 0.200. The molecule has 0 aliphatic carbocycles. The van der Waals surface area contributed by atoms with E-state index in [1.807, 2.05) is 22.7 Å². The van der Waals surface area contributed by atoms with Gasteiger partial charge in [-0.05, 0) is 31.2 Å². The number of halogens is 1. The van der Waals surface area contributed by atoms with Crippen LogP contribution in [0.1, 0.15) is 9.75 Å². The summed E-state index contributed by atoms with van der Waals surface area (Å²) in [5.74, 6) is 0. The van der Waals surface area contributed by atoms with Gasteiger partial charge in [0.15, 0.2) is 0 Å². The van der Waals surface area contributed by atoms with Crippen molar-refractivity contribution in [2.45, 2.75) is 11.4 Å². The third kappa shape index (κ3) is 2.14. The Hall–Kier alpha value is 0.130. The summed E-state index contributed by atoms with van der Waals surface area (Å²) in [6.45, 7) is 2.15. The molecule has 0 amide bonds. The van der Waals surface area contributed by atoms with E-state index in [4.69, 9.17) is 0 Å². The van der Waals surface area contributed by atoms with Gasteiger partial charge < -0.3 is 0 Å². The molecule has 2 heterocycles. The minimum Gasteiger partial charge on any atom is -0.140 e. The van der Waals surface area contributed by atoms with Crippen molar-refractivity contribution >= 4 is 45.3 Å². The first kappa shape index (κ1) is 9.68. The van der Waals surface area contributed by atoms with Gasteiger partial charge in [-0.2, -0.15) is 0 Å². The molecule has 0 radical (unpaired) electrons. The number of alkyl halides is 1. The minimum absolute atomic E-state index is 1.12. The van der Waals surface area contributed by atoms with Crippen molar-refractivity contribution in [3.63, 3.8) is 0 Å². The lowest BCUT2D eigenvalue weighted by Crippen LogP contribution is -1.59. The lowest BCUT2D eigenvalue weighted by Gasteiger charge is -1.88. The van der Waals surface area contributed by atoms with Gasteiger partial charge in [-0.1, -0.05) is 22.6 Å². The Kier molecular flexibility index (Phi) is 3.06. The van der Waals surface area contributed by atoms with Crippen LogP contribution in [0.5, 0.6) is 0 Å². The maximum atomic E-state index is 2.41. The largest absolute Gasteiger partial charge is 0.140 e. The summed E-state index contributed by atoms with van der Waals surface area (Å²) in [5, 5.41) is 0. The fourth-order valence-electron chi connectivity index (χ4n) is 1.15. The Morgan fingerprint density at radius 3 is 2.31 bits per heavy atom. The normalized spacial score (nSPS) is 10.6. The third-order valence-corrected chi connectivity index (χ3v) is 5.40. The van der Waals surface area contributed by atoms with Crippen molar-refractivity contribution in [1.29, 1.82) is 0 Å². The van der Waals surface area contributed by atoms with Gasteiger partial charge in [-0.15, -0.1) is 22.7 Å². The van der Waals surface area contributed by atoms with Gasteiger partial charge >= 0.3 is 0 Å². The Labute approximate surface area is 99.8 Å². The van der Waals surface area contributed by atoms with Crippen LogP contribution in [0.25, 0.3) is 9.75 Å². The molecule has 0 saturated carbocycles. The monoisotopic (exact) mass is 320 g/mol. The van der Waals surface area contributed by atoms with Crippen LogP contribution in [0.3, 0.4) is 0 Å². The zero-order chi connectivity index (χ0) is 9.26. The van der Waals surface area contributed by atoms with E-state index >= 15 is 0 Å². The molecule has 0 saturated heterocycles. The van der Waals surface area contributed by atoms with Crippen LogP contribution in [0, 0.1) is 6.92 Å². The molecule has 68 valence electrons. The predicted molar refractivity (Wildman–Crippen MR) is 70.1 cm³/mol. The Morgan fingerprint density at radius 1 is 1.08 bits per heavy atom. The number of hydrogen-bond donors (Lipinski definition) is 0. The van der Waals surface area contributed by atoms with Gasteiger partial charge in [0.05, 0.1) is 0 Å². The van der Waals surface area contributed by atoms with Crippen LogP contribution >= 0.6 is 45.3 Å². The first-order valence-electron chi connectivity index (χ1n) is 4.01. The van der Waals surface area contributed by atoms with Crippen LogP contribution in [0.2, 0.25) is 0 Å². The van der Waals surface area contributed by atoms with E-state index in [2.05, 4.69) is 53.8 Å². The van der Waals surface area contributed by atoms with E-state index in [0.29, 0.717) is 0 Å². The van der Waals surface area contributed by atoms with Crippen LogP contribution in [-0.4, -0.2) is 0 Å². The van der Waals surface area contributed by atoms with Gasteiger partial charge in [0, 0.05) is 23.9 Å². The maximum Gasteiger partial charge on any atom is 0.0445 e. The zero-order valence-corrected chi connectivity index (χ0v) is 11.0. The molecule has 2 rings (SSSR count). The van der Waals surface area contributed by atoms with Crippen LogP contribution in [0.15, 0.2) is 24.3 Å². The lowest BCUT2D eigenvalue weighted by molar-refractivity contribution is 1.61. The highest BCUT2D eigenvalue weighted by Gasteiger charge is 2.03. The third-order valence-electron chi connectivity index (χ3n) is 1.78. The van der Waals surface area contributed by atoms with Crippen molar-refractivity contribution in [2.75, 3.05) is 0 Å². The number of aryl methyl sites for hydroxylation is 1. The van der Waals surface area contributed by atoms with E-state index in [1.165, 1.54) is 19.5 Å². The Balaban J connectivity index is 2.35. The Bertz CT molecular complexity index is 400. The van der Waals surface area contributed by atoms with E-state index < -0.39 is 0 Å². The standard InChI is InChI=1S/C10H9IS2/c1-7-2-4-9(12-7)10-5-3-8(6-11)13-10/h2-5H,6H2,1H3. The van der Waals surface area contributed by atoms with E-state index in [1.54, 1.807) is 0 Å². The molecule has 0 unspecified atom stereocenters. The fourth-order valence-corrected chi connectivity index (χ4v) is 3.69. The molecule has 0 aromatic carbocycles. The molecule has 0 atom stereocenters. The number of rotatable bonds is 2.